The summed E-state index contributed by atoms with van der Waals surface area (Å²) in [6.45, 7) is 6.02. The zero-order chi connectivity index (χ0) is 21.7. The summed E-state index contributed by atoms with van der Waals surface area (Å²) in [6, 6.07) is 8.18. The molecule has 1 aliphatic carbocycles. The second-order valence-corrected chi connectivity index (χ2v) is 8.03. The molecule has 0 saturated heterocycles. The van der Waals surface area contributed by atoms with E-state index in [4.69, 9.17) is 4.74 Å². The first-order valence-electron chi connectivity index (χ1n) is 10.7. The van der Waals surface area contributed by atoms with Crippen LogP contribution in [0, 0.1) is 12.8 Å². The highest BCUT2D eigenvalue weighted by molar-refractivity contribution is 6.04. The monoisotopic (exact) mass is 410 g/mol. The number of benzene rings is 1. The predicted octanol–water partition coefficient (Wildman–Crippen LogP) is 4.48. The number of carbonyl (C=O) groups is 2. The van der Waals surface area contributed by atoms with Gasteiger partial charge in [-0.2, -0.15) is 0 Å². The van der Waals surface area contributed by atoms with Crippen molar-refractivity contribution in [2.45, 2.75) is 65.8 Å². The maximum atomic E-state index is 13.2. The van der Waals surface area contributed by atoms with Gasteiger partial charge in [-0.3, -0.25) is 14.4 Å². The molecule has 6 heteroatoms. The minimum absolute atomic E-state index is 0.157. The maximum absolute atomic E-state index is 13.2. The van der Waals surface area contributed by atoms with E-state index in [0.29, 0.717) is 23.9 Å². The van der Waals surface area contributed by atoms with E-state index >= 15 is 0 Å². The molecule has 1 fully saturated rings. The second-order valence-electron chi connectivity index (χ2n) is 8.03. The van der Waals surface area contributed by atoms with Gasteiger partial charge in [-0.15, -0.1) is 0 Å². The van der Waals surface area contributed by atoms with Crippen molar-refractivity contribution in [3.63, 3.8) is 0 Å². The Hall–Kier alpha value is -2.89. The first-order valence-corrected chi connectivity index (χ1v) is 10.7. The number of ether oxygens (including phenoxy) is 1. The van der Waals surface area contributed by atoms with Gasteiger partial charge in [-0.25, -0.2) is 0 Å². The minimum Gasteiger partial charge on any atom is -0.427 e. The third-order valence-corrected chi connectivity index (χ3v) is 5.74. The Morgan fingerprint density at radius 3 is 2.40 bits per heavy atom. The zero-order valence-electron chi connectivity index (χ0n) is 18.0. The molecule has 1 heterocycles. The largest absolute Gasteiger partial charge is 0.427 e. The Labute approximate surface area is 177 Å². The molecule has 1 aromatic carbocycles. The van der Waals surface area contributed by atoms with Crippen molar-refractivity contribution in [3.8, 4) is 5.75 Å². The normalized spacial score (nSPS) is 14.4. The van der Waals surface area contributed by atoms with Crippen molar-refractivity contribution in [2.24, 2.45) is 5.92 Å². The predicted molar refractivity (Wildman–Crippen MR) is 117 cm³/mol. The van der Waals surface area contributed by atoms with Crippen LogP contribution in [0.2, 0.25) is 0 Å². The van der Waals surface area contributed by atoms with Crippen molar-refractivity contribution in [2.75, 3.05) is 5.32 Å². The highest BCUT2D eigenvalue weighted by atomic mass is 16.5. The summed E-state index contributed by atoms with van der Waals surface area (Å²) in [6.07, 6.45) is 6.73. The van der Waals surface area contributed by atoms with Crippen LogP contribution >= 0.6 is 0 Å². The average Bonchev–Trinajstić information content (AvgIpc) is 2.72. The Morgan fingerprint density at radius 2 is 1.80 bits per heavy atom. The molecule has 6 nitrogen and oxygen atoms in total. The first-order chi connectivity index (χ1) is 14.4. The summed E-state index contributed by atoms with van der Waals surface area (Å²) < 4.78 is 6.83. The molecule has 0 radical (unpaired) electrons. The van der Waals surface area contributed by atoms with Crippen LogP contribution in [0.15, 0.2) is 35.1 Å². The summed E-state index contributed by atoms with van der Waals surface area (Å²) in [5, 5.41) is 2.78. The number of anilines is 1. The molecule has 0 unspecified atom stereocenters. The summed E-state index contributed by atoms with van der Waals surface area (Å²) in [7, 11) is 0. The zero-order valence-corrected chi connectivity index (χ0v) is 18.0. The lowest BCUT2D eigenvalue weighted by atomic mass is 9.89. The fraction of sp³-hybridized carbons (Fsp3) is 0.458. The number of nitrogens with zero attached hydrogens (tertiary/aromatic N) is 1. The van der Waals surface area contributed by atoms with Gasteiger partial charge >= 0.3 is 5.97 Å². The van der Waals surface area contributed by atoms with Gasteiger partial charge in [-0.1, -0.05) is 26.2 Å². The molecule has 0 aliphatic heterocycles. The van der Waals surface area contributed by atoms with E-state index in [1.54, 1.807) is 30.3 Å². The van der Waals surface area contributed by atoms with Crippen molar-refractivity contribution < 1.29 is 14.3 Å². The molecule has 1 N–H and O–H groups in total. The summed E-state index contributed by atoms with van der Waals surface area (Å²) in [4.78, 5) is 37.1. The number of rotatable bonds is 6. The van der Waals surface area contributed by atoms with Crippen molar-refractivity contribution >= 4 is 17.6 Å². The van der Waals surface area contributed by atoms with E-state index in [9.17, 15) is 14.4 Å². The van der Waals surface area contributed by atoms with Crippen LogP contribution in [0.4, 0.5) is 5.69 Å². The molecular formula is C24H30N2O4. The van der Waals surface area contributed by atoms with Gasteiger partial charge in [-0.05, 0) is 68.0 Å². The number of hydrogen-bond acceptors (Lipinski definition) is 4. The number of esters is 1. The third-order valence-electron chi connectivity index (χ3n) is 5.74. The van der Waals surface area contributed by atoms with Gasteiger partial charge in [0.25, 0.3) is 11.5 Å². The molecule has 1 saturated carbocycles. The second kappa shape index (κ2) is 9.74. The number of pyridine rings is 1. The van der Waals surface area contributed by atoms with Crippen LogP contribution in [-0.2, 0) is 17.8 Å². The van der Waals surface area contributed by atoms with E-state index in [-0.39, 0.29) is 11.1 Å². The van der Waals surface area contributed by atoms with Gasteiger partial charge in [0.05, 0.1) is 0 Å². The average molecular weight is 411 g/mol. The molecule has 3 rings (SSSR count). The van der Waals surface area contributed by atoms with Gasteiger partial charge in [0, 0.05) is 24.8 Å². The quantitative estimate of drug-likeness (QED) is 0.563. The van der Waals surface area contributed by atoms with Gasteiger partial charge in [0.2, 0.25) is 0 Å². The van der Waals surface area contributed by atoms with Crippen molar-refractivity contribution in [3.05, 3.63) is 57.5 Å². The Morgan fingerprint density at radius 1 is 1.13 bits per heavy atom. The molecular weight excluding hydrogens is 380 g/mol. The molecule has 0 spiro atoms. The molecule has 1 amide bonds. The Balaban J connectivity index is 1.84. The fourth-order valence-corrected chi connectivity index (χ4v) is 4.27. The lowest BCUT2D eigenvalue weighted by Gasteiger charge is -2.25. The SMILES string of the molecule is CCc1c(C)cc(C(=O)Nc2ccc(OC(C)=O)cc2)c(=O)n1CC1CCCCC1. The van der Waals surface area contributed by atoms with Gasteiger partial charge < -0.3 is 14.6 Å². The van der Waals surface area contributed by atoms with Gasteiger partial charge in [0.1, 0.15) is 11.3 Å². The highest BCUT2D eigenvalue weighted by Gasteiger charge is 2.21. The molecule has 1 aromatic heterocycles. The lowest BCUT2D eigenvalue weighted by molar-refractivity contribution is -0.131. The summed E-state index contributed by atoms with van der Waals surface area (Å²) in [5.41, 5.74) is 2.43. The molecule has 1 aliphatic rings. The van der Waals surface area contributed by atoms with Crippen LogP contribution in [0.3, 0.4) is 0 Å². The topological polar surface area (TPSA) is 77.4 Å². The maximum Gasteiger partial charge on any atom is 0.308 e. The molecule has 30 heavy (non-hydrogen) atoms. The lowest BCUT2D eigenvalue weighted by Crippen LogP contribution is -2.34. The van der Waals surface area contributed by atoms with Crippen LogP contribution in [0.5, 0.6) is 5.75 Å². The van der Waals surface area contributed by atoms with Crippen LogP contribution < -0.4 is 15.6 Å². The number of aromatic nitrogens is 1. The van der Waals surface area contributed by atoms with Crippen LogP contribution in [0.1, 0.15) is 67.6 Å². The number of nitrogens with one attached hydrogen (secondary N) is 1. The molecule has 160 valence electrons. The smallest absolute Gasteiger partial charge is 0.308 e. The van der Waals surface area contributed by atoms with Crippen molar-refractivity contribution in [1.29, 1.82) is 0 Å². The molecule has 0 atom stereocenters. The van der Waals surface area contributed by atoms with E-state index in [1.165, 1.54) is 26.2 Å². The number of amides is 1. The number of aryl methyl sites for hydroxylation is 1. The van der Waals surface area contributed by atoms with E-state index in [1.807, 2.05) is 18.4 Å². The van der Waals surface area contributed by atoms with Gasteiger partial charge in [0.15, 0.2) is 0 Å². The van der Waals surface area contributed by atoms with E-state index < -0.39 is 11.9 Å². The Kier molecular flexibility index (Phi) is 7.08. The third kappa shape index (κ3) is 5.17. The fourth-order valence-electron chi connectivity index (χ4n) is 4.27. The minimum atomic E-state index is -0.427. The van der Waals surface area contributed by atoms with E-state index in [0.717, 1.165) is 30.5 Å². The first kappa shape index (κ1) is 21.8. The standard InChI is InChI=1S/C24H30N2O4/c1-4-22-16(2)14-21(24(29)26(22)15-18-8-6-5-7-9-18)23(28)25-19-10-12-20(13-11-19)30-17(3)27/h10-14,18H,4-9,15H2,1-3H3,(H,25,28). The highest BCUT2D eigenvalue weighted by Crippen LogP contribution is 2.25. The summed E-state index contributed by atoms with van der Waals surface area (Å²) in [5.74, 6) is 0.0620. The van der Waals surface area contributed by atoms with E-state index in [2.05, 4.69) is 5.32 Å². The molecule has 2 aromatic rings. The number of carbonyl (C=O) groups excluding carboxylic acids is 2. The van der Waals surface area contributed by atoms with Crippen LogP contribution in [-0.4, -0.2) is 16.4 Å². The molecule has 0 bridgehead atoms. The number of hydrogen-bond donors (Lipinski definition) is 1. The van der Waals surface area contributed by atoms with Crippen LogP contribution in [0.25, 0.3) is 0 Å². The van der Waals surface area contributed by atoms with Crippen molar-refractivity contribution in [1.82, 2.24) is 4.57 Å². The summed E-state index contributed by atoms with van der Waals surface area (Å²) >= 11 is 0. The Bertz CT molecular complexity index is 970.